The summed E-state index contributed by atoms with van der Waals surface area (Å²) < 4.78 is 0. The van der Waals surface area contributed by atoms with E-state index in [1.54, 1.807) is 0 Å². The Bertz CT molecular complexity index is 218. The van der Waals surface area contributed by atoms with Gasteiger partial charge in [0, 0.05) is 5.92 Å². The lowest BCUT2D eigenvalue weighted by Gasteiger charge is -2.31. The Labute approximate surface area is 74.9 Å². The standard InChI is InChI=1S/C11H18O/c1-8-5-6-9(10(12)7-8)11(2,3)4/h7,9H,5-6H2,1-4H3. The number of allylic oxidation sites excluding steroid dienone is 2. The first-order chi connectivity index (χ1) is 5.41. The summed E-state index contributed by atoms with van der Waals surface area (Å²) >= 11 is 0. The zero-order valence-corrected chi connectivity index (χ0v) is 8.48. The molecule has 0 radical (unpaired) electrons. The van der Waals surface area contributed by atoms with E-state index in [4.69, 9.17) is 0 Å². The van der Waals surface area contributed by atoms with Gasteiger partial charge in [-0.3, -0.25) is 4.79 Å². The Morgan fingerprint density at radius 2 is 2.00 bits per heavy atom. The van der Waals surface area contributed by atoms with Crippen molar-refractivity contribution in [3.63, 3.8) is 0 Å². The first kappa shape index (κ1) is 9.50. The van der Waals surface area contributed by atoms with Gasteiger partial charge in [0.1, 0.15) is 0 Å². The van der Waals surface area contributed by atoms with Gasteiger partial charge in [-0.1, -0.05) is 26.3 Å². The second-order valence-corrected chi connectivity index (χ2v) is 4.85. The van der Waals surface area contributed by atoms with Gasteiger partial charge < -0.3 is 0 Å². The minimum atomic E-state index is 0.133. The van der Waals surface area contributed by atoms with Crippen LogP contribution in [-0.4, -0.2) is 5.78 Å². The molecule has 1 aliphatic carbocycles. The summed E-state index contributed by atoms with van der Waals surface area (Å²) in [7, 11) is 0. The van der Waals surface area contributed by atoms with Crippen molar-refractivity contribution in [3.8, 4) is 0 Å². The predicted molar refractivity (Wildman–Crippen MR) is 50.9 cm³/mol. The lowest BCUT2D eigenvalue weighted by Crippen LogP contribution is -2.29. The van der Waals surface area contributed by atoms with Gasteiger partial charge in [-0.25, -0.2) is 0 Å². The fraction of sp³-hybridized carbons (Fsp3) is 0.727. The molecule has 0 aromatic heterocycles. The molecule has 68 valence electrons. The van der Waals surface area contributed by atoms with Crippen LogP contribution in [0.4, 0.5) is 0 Å². The highest BCUT2D eigenvalue weighted by molar-refractivity contribution is 5.93. The Morgan fingerprint density at radius 1 is 1.42 bits per heavy atom. The van der Waals surface area contributed by atoms with Crippen molar-refractivity contribution in [2.75, 3.05) is 0 Å². The SMILES string of the molecule is CC1=CC(=O)C(C(C)(C)C)CC1. The topological polar surface area (TPSA) is 17.1 Å². The lowest BCUT2D eigenvalue weighted by molar-refractivity contribution is -0.122. The smallest absolute Gasteiger partial charge is 0.159 e. The van der Waals surface area contributed by atoms with Crippen molar-refractivity contribution in [1.29, 1.82) is 0 Å². The fourth-order valence-electron chi connectivity index (χ4n) is 1.79. The van der Waals surface area contributed by atoms with Gasteiger partial charge in [-0.05, 0) is 31.3 Å². The zero-order valence-electron chi connectivity index (χ0n) is 8.48. The van der Waals surface area contributed by atoms with Crippen molar-refractivity contribution < 1.29 is 4.79 Å². The Hall–Kier alpha value is -0.590. The molecule has 1 atom stereocenters. The summed E-state index contributed by atoms with van der Waals surface area (Å²) in [6, 6.07) is 0. The summed E-state index contributed by atoms with van der Waals surface area (Å²) in [4.78, 5) is 11.6. The second kappa shape index (κ2) is 3.04. The molecule has 0 bridgehead atoms. The van der Waals surface area contributed by atoms with Crippen LogP contribution < -0.4 is 0 Å². The van der Waals surface area contributed by atoms with E-state index in [1.165, 1.54) is 5.57 Å². The average molecular weight is 166 g/mol. The molecule has 0 heterocycles. The summed E-state index contributed by atoms with van der Waals surface area (Å²) in [5, 5.41) is 0. The van der Waals surface area contributed by atoms with Gasteiger partial charge in [0.25, 0.3) is 0 Å². The Morgan fingerprint density at radius 3 is 2.42 bits per heavy atom. The van der Waals surface area contributed by atoms with Crippen molar-refractivity contribution >= 4 is 5.78 Å². The van der Waals surface area contributed by atoms with Crippen molar-refractivity contribution in [3.05, 3.63) is 11.6 Å². The van der Waals surface area contributed by atoms with Crippen molar-refractivity contribution in [1.82, 2.24) is 0 Å². The largest absolute Gasteiger partial charge is 0.295 e. The van der Waals surface area contributed by atoms with E-state index >= 15 is 0 Å². The van der Waals surface area contributed by atoms with Crippen LogP contribution in [0.15, 0.2) is 11.6 Å². The van der Waals surface area contributed by atoms with E-state index in [1.807, 2.05) is 13.0 Å². The zero-order chi connectivity index (χ0) is 9.35. The molecule has 1 rings (SSSR count). The molecular weight excluding hydrogens is 148 g/mol. The first-order valence-corrected chi connectivity index (χ1v) is 4.62. The van der Waals surface area contributed by atoms with Gasteiger partial charge in [0.2, 0.25) is 0 Å². The molecule has 0 aromatic carbocycles. The average Bonchev–Trinajstić information content (AvgIpc) is 1.83. The lowest BCUT2D eigenvalue weighted by atomic mass is 9.72. The number of carbonyl (C=O) groups excluding carboxylic acids is 1. The van der Waals surface area contributed by atoms with Crippen LogP contribution in [0.5, 0.6) is 0 Å². The van der Waals surface area contributed by atoms with E-state index in [2.05, 4.69) is 20.8 Å². The molecule has 1 aliphatic rings. The monoisotopic (exact) mass is 166 g/mol. The van der Waals surface area contributed by atoms with Crippen LogP contribution in [0.3, 0.4) is 0 Å². The Balaban J connectivity index is 2.79. The minimum absolute atomic E-state index is 0.133. The maximum absolute atomic E-state index is 11.6. The maximum atomic E-state index is 11.6. The molecule has 1 heteroatoms. The molecule has 0 aromatic rings. The van der Waals surface area contributed by atoms with Crippen LogP contribution in [0.1, 0.15) is 40.5 Å². The first-order valence-electron chi connectivity index (χ1n) is 4.62. The third-order valence-corrected chi connectivity index (χ3v) is 2.60. The number of ketones is 1. The molecule has 0 N–H and O–H groups in total. The minimum Gasteiger partial charge on any atom is -0.295 e. The van der Waals surface area contributed by atoms with E-state index in [-0.39, 0.29) is 11.3 Å². The van der Waals surface area contributed by atoms with E-state index in [0.29, 0.717) is 5.78 Å². The van der Waals surface area contributed by atoms with E-state index in [9.17, 15) is 4.79 Å². The molecular formula is C11H18O. The quantitative estimate of drug-likeness (QED) is 0.540. The molecule has 0 saturated carbocycles. The highest BCUT2D eigenvalue weighted by atomic mass is 16.1. The normalized spacial score (nSPS) is 25.5. The van der Waals surface area contributed by atoms with E-state index < -0.39 is 0 Å². The molecule has 1 nitrogen and oxygen atoms in total. The molecule has 0 saturated heterocycles. The number of hydrogen-bond acceptors (Lipinski definition) is 1. The fourth-order valence-corrected chi connectivity index (χ4v) is 1.79. The molecule has 0 spiro atoms. The van der Waals surface area contributed by atoms with Gasteiger partial charge in [0.05, 0.1) is 0 Å². The highest BCUT2D eigenvalue weighted by Gasteiger charge is 2.31. The van der Waals surface area contributed by atoms with Crippen LogP contribution in [-0.2, 0) is 4.79 Å². The van der Waals surface area contributed by atoms with Crippen molar-refractivity contribution in [2.24, 2.45) is 11.3 Å². The third-order valence-electron chi connectivity index (χ3n) is 2.60. The number of carbonyl (C=O) groups is 1. The molecule has 0 fully saturated rings. The van der Waals surface area contributed by atoms with Gasteiger partial charge in [-0.15, -0.1) is 0 Å². The number of hydrogen-bond donors (Lipinski definition) is 0. The summed E-state index contributed by atoms with van der Waals surface area (Å²) in [6.07, 6.45) is 3.94. The second-order valence-electron chi connectivity index (χ2n) is 4.85. The molecule has 12 heavy (non-hydrogen) atoms. The summed E-state index contributed by atoms with van der Waals surface area (Å²) in [5.74, 6) is 0.562. The molecule has 1 unspecified atom stereocenters. The van der Waals surface area contributed by atoms with Crippen LogP contribution in [0.25, 0.3) is 0 Å². The number of rotatable bonds is 0. The molecule has 0 amide bonds. The van der Waals surface area contributed by atoms with Gasteiger partial charge in [0.15, 0.2) is 5.78 Å². The molecule has 0 aliphatic heterocycles. The van der Waals surface area contributed by atoms with Crippen LogP contribution >= 0.6 is 0 Å². The predicted octanol–water partition coefficient (Wildman–Crippen LogP) is 2.96. The van der Waals surface area contributed by atoms with Gasteiger partial charge in [-0.2, -0.15) is 0 Å². The van der Waals surface area contributed by atoms with Gasteiger partial charge >= 0.3 is 0 Å². The van der Waals surface area contributed by atoms with Crippen molar-refractivity contribution in [2.45, 2.75) is 40.5 Å². The maximum Gasteiger partial charge on any atom is 0.159 e. The Kier molecular flexibility index (Phi) is 2.41. The van der Waals surface area contributed by atoms with Crippen LogP contribution in [0.2, 0.25) is 0 Å². The summed E-state index contributed by atoms with van der Waals surface area (Å²) in [5.41, 5.74) is 1.37. The summed E-state index contributed by atoms with van der Waals surface area (Å²) in [6.45, 7) is 8.47. The van der Waals surface area contributed by atoms with Crippen LogP contribution in [0, 0.1) is 11.3 Å². The third kappa shape index (κ3) is 1.96. The highest BCUT2D eigenvalue weighted by Crippen LogP contribution is 2.34. The van der Waals surface area contributed by atoms with E-state index in [0.717, 1.165) is 12.8 Å².